The molecule has 42 heavy (non-hydrogen) atoms. The molecule has 1 N–H and O–H groups in total. The smallest absolute Gasteiger partial charge is 0.296 e. The van der Waals surface area contributed by atoms with Crippen LogP contribution in [0.15, 0.2) is 58.4 Å². The van der Waals surface area contributed by atoms with Gasteiger partial charge in [0.25, 0.3) is 11.5 Å². The molecular weight excluding hydrogens is 545 g/mol. The van der Waals surface area contributed by atoms with Crippen LogP contribution in [0.2, 0.25) is 0 Å². The number of hydrogen-bond donors (Lipinski definition) is 1. The van der Waals surface area contributed by atoms with Crippen molar-refractivity contribution in [1.29, 1.82) is 0 Å². The first-order valence-electron chi connectivity index (χ1n) is 13.5. The molecule has 13 heteroatoms. The van der Waals surface area contributed by atoms with Gasteiger partial charge in [-0.15, -0.1) is 0 Å². The number of benzene rings is 2. The van der Waals surface area contributed by atoms with E-state index in [-0.39, 0.29) is 55.7 Å². The lowest BCUT2D eigenvalue weighted by Crippen LogP contribution is -2.43. The molecule has 0 spiro atoms. The van der Waals surface area contributed by atoms with Gasteiger partial charge in [0.1, 0.15) is 23.8 Å². The fraction of sp³-hybridized carbons (Fsp3) is 0.379. The van der Waals surface area contributed by atoms with Crippen LogP contribution in [-0.4, -0.2) is 40.6 Å². The van der Waals surface area contributed by atoms with Crippen molar-refractivity contribution in [2.45, 2.75) is 58.0 Å². The summed E-state index contributed by atoms with van der Waals surface area (Å²) >= 11 is 0. The Balaban J connectivity index is 1.47. The molecule has 2 aromatic carbocycles. The quantitative estimate of drug-likeness (QED) is 0.232. The molecule has 1 aromatic heterocycles. The highest BCUT2D eigenvalue weighted by Crippen LogP contribution is 2.32. The third-order valence-corrected chi connectivity index (χ3v) is 7.31. The summed E-state index contributed by atoms with van der Waals surface area (Å²) < 4.78 is 27.5. The summed E-state index contributed by atoms with van der Waals surface area (Å²) in [5, 5.41) is 6.35. The Morgan fingerprint density at radius 3 is 2.81 bits per heavy atom. The zero-order chi connectivity index (χ0) is 29.9. The average Bonchev–Trinajstić information content (AvgIpc) is 3.34. The van der Waals surface area contributed by atoms with E-state index in [4.69, 9.17) is 15.0 Å². The second kappa shape index (κ2) is 12.0. The summed E-state index contributed by atoms with van der Waals surface area (Å²) in [6.07, 6.45) is 0.667. The van der Waals surface area contributed by atoms with Crippen LogP contribution in [0.5, 0.6) is 5.75 Å². The molecule has 5 rings (SSSR count). The normalized spacial score (nSPS) is 17.4. The Kier molecular flexibility index (Phi) is 8.23. The van der Waals surface area contributed by atoms with Gasteiger partial charge in [0.15, 0.2) is 5.69 Å². The zero-order valence-corrected chi connectivity index (χ0v) is 23.2. The lowest BCUT2D eigenvalue weighted by molar-refractivity contribution is -0.117. The molecule has 12 nitrogen and oxygen atoms in total. The van der Waals surface area contributed by atoms with Gasteiger partial charge in [0.05, 0.1) is 18.8 Å². The second-order valence-electron chi connectivity index (χ2n) is 10.5. The molecular formula is C29H30FN7O5. The zero-order valence-electron chi connectivity index (χ0n) is 23.2. The van der Waals surface area contributed by atoms with Gasteiger partial charge in [-0.05, 0) is 49.1 Å². The van der Waals surface area contributed by atoms with Crippen molar-refractivity contribution in [2.24, 2.45) is 5.11 Å². The van der Waals surface area contributed by atoms with Gasteiger partial charge < -0.3 is 19.7 Å². The van der Waals surface area contributed by atoms with Crippen LogP contribution in [-0.2, 0) is 34.8 Å². The minimum atomic E-state index is -0.925. The van der Waals surface area contributed by atoms with E-state index >= 15 is 0 Å². The number of fused-ring (bicyclic) bond motifs is 1. The molecule has 0 bridgehead atoms. The molecule has 1 saturated heterocycles. The van der Waals surface area contributed by atoms with Gasteiger partial charge >= 0.3 is 0 Å². The molecule has 3 aromatic rings. The predicted molar refractivity (Wildman–Crippen MR) is 150 cm³/mol. The number of nitrogens with one attached hydrogen (secondary N) is 1. The van der Waals surface area contributed by atoms with Crippen molar-refractivity contribution >= 4 is 17.5 Å². The van der Waals surface area contributed by atoms with Crippen LogP contribution < -0.4 is 20.5 Å². The molecule has 1 fully saturated rings. The van der Waals surface area contributed by atoms with Crippen molar-refractivity contribution in [3.05, 3.63) is 97.8 Å². The molecule has 0 aliphatic carbocycles. The lowest BCUT2D eigenvalue weighted by Gasteiger charge is -2.33. The van der Waals surface area contributed by atoms with Crippen molar-refractivity contribution in [1.82, 2.24) is 14.9 Å². The number of carbonyl (C=O) groups excluding carboxylic acids is 2. The number of halogens is 1. The Morgan fingerprint density at radius 1 is 1.26 bits per heavy atom. The Labute approximate surface area is 240 Å². The number of hydrogen-bond acceptors (Lipinski definition) is 7. The van der Waals surface area contributed by atoms with Gasteiger partial charge in [0.2, 0.25) is 11.7 Å². The Morgan fingerprint density at radius 2 is 2.05 bits per heavy atom. The number of carbonyl (C=O) groups is 2. The van der Waals surface area contributed by atoms with Crippen LogP contribution >= 0.6 is 0 Å². The second-order valence-corrected chi connectivity index (χ2v) is 10.5. The van der Waals surface area contributed by atoms with Crippen molar-refractivity contribution in [2.75, 3.05) is 18.1 Å². The maximum atomic E-state index is 14.3. The van der Waals surface area contributed by atoms with Gasteiger partial charge in [-0.25, -0.2) is 9.37 Å². The monoisotopic (exact) mass is 575 g/mol. The maximum Gasteiger partial charge on any atom is 0.296 e. The Bertz CT molecular complexity index is 1620. The number of azide groups is 1. The van der Waals surface area contributed by atoms with Crippen LogP contribution in [0, 0.1) is 5.82 Å². The summed E-state index contributed by atoms with van der Waals surface area (Å²) in [5.41, 5.74) is 8.65. The molecule has 218 valence electrons. The fourth-order valence-corrected chi connectivity index (χ4v) is 5.22. The van der Waals surface area contributed by atoms with Crippen molar-refractivity contribution in [3.63, 3.8) is 0 Å². The van der Waals surface area contributed by atoms with Gasteiger partial charge in [-0.1, -0.05) is 41.5 Å². The summed E-state index contributed by atoms with van der Waals surface area (Å²) in [6.45, 7) is 4.06. The highest BCUT2D eigenvalue weighted by atomic mass is 19.1. The van der Waals surface area contributed by atoms with Crippen LogP contribution in [0.3, 0.4) is 0 Å². The average molecular weight is 576 g/mol. The first kappa shape index (κ1) is 28.8. The minimum absolute atomic E-state index is 0.0352. The van der Waals surface area contributed by atoms with E-state index in [1.54, 1.807) is 13.8 Å². The first-order chi connectivity index (χ1) is 20.2. The van der Waals surface area contributed by atoms with Crippen LogP contribution in [0.1, 0.15) is 54.1 Å². The highest BCUT2D eigenvalue weighted by Gasteiger charge is 2.36. The predicted octanol–water partition coefficient (Wildman–Crippen LogP) is 3.96. The van der Waals surface area contributed by atoms with E-state index in [2.05, 4.69) is 20.3 Å². The maximum absolute atomic E-state index is 14.3. The topological polar surface area (TPSA) is 152 Å². The SMILES string of the molecule is CC1(C)OCCn2c1nc(C(=O)NCc1ccc(F)cc1N1C(=O)CC[C@@H]1CN=[N+]=[N-])c(OCc1ccccc1)c2=O. The molecule has 0 radical (unpaired) electrons. The summed E-state index contributed by atoms with van der Waals surface area (Å²) in [4.78, 5) is 48.7. The summed E-state index contributed by atoms with van der Waals surface area (Å²) in [6, 6.07) is 12.7. The summed E-state index contributed by atoms with van der Waals surface area (Å²) in [5.74, 6) is -1.39. The number of ether oxygens (including phenoxy) is 2. The summed E-state index contributed by atoms with van der Waals surface area (Å²) in [7, 11) is 0. The molecule has 2 aliphatic heterocycles. The number of amides is 2. The third kappa shape index (κ3) is 5.83. The standard InChI is InChI=1S/C29H30FN7O5/c1-29(2)28-34-24(25(27(40)36(28)12-13-42-29)41-17-18-6-4-3-5-7-18)26(39)32-15-19-8-9-20(30)14-22(19)37-21(16-33-35-31)10-11-23(37)38/h3-9,14,21H,10-13,15-17H2,1-2H3,(H,32,39)/t21-/m1/s1. The third-order valence-electron chi connectivity index (χ3n) is 7.31. The lowest BCUT2D eigenvalue weighted by atomic mass is 10.1. The number of nitrogens with zero attached hydrogens (tertiary/aromatic N) is 6. The molecule has 2 aliphatic rings. The minimum Gasteiger partial charge on any atom is -0.481 e. The molecule has 0 saturated carbocycles. The fourth-order valence-electron chi connectivity index (χ4n) is 5.22. The first-order valence-corrected chi connectivity index (χ1v) is 13.5. The largest absolute Gasteiger partial charge is 0.481 e. The number of anilines is 1. The van der Waals surface area contributed by atoms with E-state index in [0.29, 0.717) is 24.4 Å². The van der Waals surface area contributed by atoms with Crippen molar-refractivity contribution < 1.29 is 23.5 Å². The highest BCUT2D eigenvalue weighted by molar-refractivity contribution is 5.97. The number of rotatable bonds is 9. The van der Waals surface area contributed by atoms with Crippen LogP contribution in [0.25, 0.3) is 10.4 Å². The molecule has 0 unspecified atom stereocenters. The van der Waals surface area contributed by atoms with Gasteiger partial charge in [0, 0.05) is 30.5 Å². The van der Waals surface area contributed by atoms with E-state index < -0.39 is 28.9 Å². The molecule has 3 heterocycles. The van der Waals surface area contributed by atoms with E-state index in [1.807, 2.05) is 30.3 Å². The Hall–Kier alpha value is -4.74. The van der Waals surface area contributed by atoms with E-state index in [1.165, 1.54) is 27.7 Å². The van der Waals surface area contributed by atoms with E-state index in [9.17, 15) is 18.8 Å². The van der Waals surface area contributed by atoms with E-state index in [0.717, 1.165) is 5.56 Å². The van der Waals surface area contributed by atoms with Crippen LogP contribution in [0.4, 0.5) is 10.1 Å². The molecule has 2 amide bonds. The van der Waals surface area contributed by atoms with Crippen molar-refractivity contribution in [3.8, 4) is 5.75 Å². The van der Waals surface area contributed by atoms with Gasteiger partial charge in [-0.2, -0.15) is 0 Å². The number of aromatic nitrogens is 2. The molecule has 1 atom stereocenters. The van der Waals surface area contributed by atoms with Gasteiger partial charge in [-0.3, -0.25) is 19.0 Å².